The van der Waals surface area contributed by atoms with Crippen LogP contribution in [0.5, 0.6) is 0 Å². The summed E-state index contributed by atoms with van der Waals surface area (Å²) in [5, 5.41) is 8.37. The molecule has 23 heavy (non-hydrogen) atoms. The first kappa shape index (κ1) is 16.2. The van der Waals surface area contributed by atoms with Crippen LogP contribution >= 0.6 is 0 Å². The van der Waals surface area contributed by atoms with E-state index in [4.69, 9.17) is 0 Å². The van der Waals surface area contributed by atoms with Crippen LogP contribution in [0.2, 0.25) is 0 Å². The summed E-state index contributed by atoms with van der Waals surface area (Å²) in [5.41, 5.74) is 1.85. The average Bonchev–Trinajstić information content (AvgIpc) is 3.24. The molecule has 0 N–H and O–H groups in total. The molecule has 3 heterocycles. The minimum Gasteiger partial charge on any atom is -0.337 e. The molecule has 1 unspecified atom stereocenters. The summed E-state index contributed by atoms with van der Waals surface area (Å²) >= 11 is 0. The first-order valence-electron chi connectivity index (χ1n) is 8.70. The highest BCUT2D eigenvalue weighted by Crippen LogP contribution is 2.21. The van der Waals surface area contributed by atoms with Crippen LogP contribution in [0.25, 0.3) is 0 Å². The highest BCUT2D eigenvalue weighted by Gasteiger charge is 2.25. The molecule has 0 saturated carbocycles. The highest BCUT2D eigenvalue weighted by atomic mass is 16.2. The lowest BCUT2D eigenvalue weighted by Crippen LogP contribution is -2.37. The molecule has 3 rings (SSSR count). The molecule has 0 spiro atoms. The molecular weight excluding hydrogens is 290 g/mol. The molecule has 2 aliphatic heterocycles. The van der Waals surface area contributed by atoms with Crippen molar-refractivity contribution in [1.29, 1.82) is 0 Å². The lowest BCUT2D eigenvalue weighted by molar-refractivity contribution is 0.0787. The molecule has 6 nitrogen and oxygen atoms in total. The Balaban J connectivity index is 1.62. The van der Waals surface area contributed by atoms with Crippen LogP contribution in [0, 0.1) is 0 Å². The van der Waals surface area contributed by atoms with Gasteiger partial charge in [0.05, 0.1) is 12.2 Å². The summed E-state index contributed by atoms with van der Waals surface area (Å²) in [6.07, 6.45) is 8.58. The monoisotopic (exact) mass is 317 g/mol. The Morgan fingerprint density at radius 3 is 2.78 bits per heavy atom. The molecule has 126 valence electrons. The van der Waals surface area contributed by atoms with Crippen LogP contribution < -0.4 is 0 Å². The normalized spacial score (nSPS) is 22.3. The quantitative estimate of drug-likeness (QED) is 0.798. The van der Waals surface area contributed by atoms with Crippen molar-refractivity contribution in [1.82, 2.24) is 24.8 Å². The van der Waals surface area contributed by atoms with Crippen molar-refractivity contribution in [3.05, 3.63) is 23.5 Å². The topological polar surface area (TPSA) is 54.3 Å². The van der Waals surface area contributed by atoms with Crippen molar-refractivity contribution >= 4 is 5.91 Å². The summed E-state index contributed by atoms with van der Waals surface area (Å²) < 4.78 is 1.90. The second-order valence-corrected chi connectivity index (χ2v) is 6.92. The molecule has 1 atom stereocenters. The van der Waals surface area contributed by atoms with Gasteiger partial charge in [0.1, 0.15) is 0 Å². The SMILES string of the molecule is CC(C)=CCN1CCCC(n2cc(C(=O)N3CCCC3)nn2)C1. The van der Waals surface area contributed by atoms with Gasteiger partial charge in [0.25, 0.3) is 5.91 Å². The van der Waals surface area contributed by atoms with Crippen molar-refractivity contribution in [3.63, 3.8) is 0 Å². The van der Waals surface area contributed by atoms with E-state index in [0.29, 0.717) is 11.7 Å². The second-order valence-electron chi connectivity index (χ2n) is 6.92. The Morgan fingerprint density at radius 1 is 1.26 bits per heavy atom. The highest BCUT2D eigenvalue weighted by molar-refractivity contribution is 5.92. The maximum atomic E-state index is 12.4. The number of hydrogen-bond donors (Lipinski definition) is 0. The second kappa shape index (κ2) is 7.25. The van der Waals surface area contributed by atoms with E-state index in [2.05, 4.69) is 35.1 Å². The standard InChI is InChI=1S/C17H27N5O/c1-14(2)7-11-20-8-5-6-15(12-20)22-13-16(18-19-22)17(23)21-9-3-4-10-21/h7,13,15H,3-6,8-12H2,1-2H3. The van der Waals surface area contributed by atoms with Crippen LogP contribution in [0.15, 0.2) is 17.8 Å². The first-order valence-corrected chi connectivity index (χ1v) is 8.70. The number of aromatic nitrogens is 3. The maximum Gasteiger partial charge on any atom is 0.276 e. The molecule has 2 saturated heterocycles. The van der Waals surface area contributed by atoms with Crippen LogP contribution in [0.4, 0.5) is 0 Å². The van der Waals surface area contributed by atoms with E-state index < -0.39 is 0 Å². The Bertz CT molecular complexity index is 569. The van der Waals surface area contributed by atoms with Gasteiger partial charge >= 0.3 is 0 Å². The number of allylic oxidation sites excluding steroid dienone is 1. The van der Waals surface area contributed by atoms with Gasteiger partial charge in [-0.1, -0.05) is 16.9 Å². The van der Waals surface area contributed by atoms with Gasteiger partial charge in [0, 0.05) is 26.2 Å². The molecule has 0 aromatic carbocycles. The van der Waals surface area contributed by atoms with E-state index in [1.807, 2.05) is 15.8 Å². The molecule has 6 heteroatoms. The molecule has 2 aliphatic rings. The zero-order chi connectivity index (χ0) is 16.2. The fourth-order valence-corrected chi connectivity index (χ4v) is 3.36. The molecule has 0 bridgehead atoms. The third-order valence-corrected chi connectivity index (χ3v) is 4.74. The van der Waals surface area contributed by atoms with Gasteiger partial charge in [-0.05, 0) is 46.1 Å². The predicted molar refractivity (Wildman–Crippen MR) is 89.3 cm³/mol. The molecule has 1 amide bonds. The summed E-state index contributed by atoms with van der Waals surface area (Å²) in [7, 11) is 0. The van der Waals surface area contributed by atoms with Crippen molar-refractivity contribution in [3.8, 4) is 0 Å². The zero-order valence-corrected chi connectivity index (χ0v) is 14.2. The van der Waals surface area contributed by atoms with Gasteiger partial charge in [0.15, 0.2) is 5.69 Å². The van der Waals surface area contributed by atoms with E-state index in [1.54, 1.807) is 0 Å². The average molecular weight is 317 g/mol. The number of amides is 1. The van der Waals surface area contributed by atoms with Gasteiger partial charge < -0.3 is 4.90 Å². The summed E-state index contributed by atoms with van der Waals surface area (Å²) in [6, 6.07) is 0.321. The van der Waals surface area contributed by atoms with Crippen LogP contribution in [0.1, 0.15) is 56.1 Å². The predicted octanol–water partition coefficient (Wildman–Crippen LogP) is 2.12. The largest absolute Gasteiger partial charge is 0.337 e. The van der Waals surface area contributed by atoms with E-state index in [0.717, 1.165) is 58.4 Å². The number of carbonyl (C=O) groups excluding carboxylic acids is 1. The van der Waals surface area contributed by atoms with Crippen molar-refractivity contribution < 1.29 is 4.79 Å². The van der Waals surface area contributed by atoms with Gasteiger partial charge in [-0.25, -0.2) is 4.68 Å². The number of piperidine rings is 1. The Kier molecular flexibility index (Phi) is 5.10. The molecular formula is C17H27N5O. The molecule has 0 aliphatic carbocycles. The fraction of sp³-hybridized carbons (Fsp3) is 0.706. The Hall–Kier alpha value is -1.69. The van der Waals surface area contributed by atoms with Crippen molar-refractivity contribution in [2.24, 2.45) is 0 Å². The molecule has 0 radical (unpaired) electrons. The fourth-order valence-electron chi connectivity index (χ4n) is 3.36. The van der Waals surface area contributed by atoms with Gasteiger partial charge in [-0.3, -0.25) is 9.69 Å². The molecule has 2 fully saturated rings. The van der Waals surface area contributed by atoms with Gasteiger partial charge in [-0.2, -0.15) is 0 Å². The number of likely N-dealkylation sites (tertiary alicyclic amines) is 2. The number of rotatable bonds is 4. The van der Waals surface area contributed by atoms with E-state index in [-0.39, 0.29) is 5.91 Å². The Labute approximate surface area is 138 Å². The van der Waals surface area contributed by atoms with Gasteiger partial charge in [0.2, 0.25) is 0 Å². The van der Waals surface area contributed by atoms with Crippen molar-refractivity contribution in [2.75, 3.05) is 32.7 Å². The van der Waals surface area contributed by atoms with E-state index in [1.165, 1.54) is 5.57 Å². The molecule has 1 aromatic heterocycles. The first-order chi connectivity index (χ1) is 11.1. The Morgan fingerprint density at radius 2 is 2.04 bits per heavy atom. The van der Waals surface area contributed by atoms with E-state index in [9.17, 15) is 4.79 Å². The minimum atomic E-state index is 0.0333. The van der Waals surface area contributed by atoms with Crippen LogP contribution in [0.3, 0.4) is 0 Å². The third kappa shape index (κ3) is 3.99. The number of nitrogens with zero attached hydrogens (tertiary/aromatic N) is 5. The summed E-state index contributed by atoms with van der Waals surface area (Å²) in [5.74, 6) is 0.0333. The summed E-state index contributed by atoms with van der Waals surface area (Å²) in [4.78, 5) is 16.7. The lowest BCUT2D eigenvalue weighted by Gasteiger charge is -2.31. The maximum absolute atomic E-state index is 12.4. The van der Waals surface area contributed by atoms with Gasteiger partial charge in [-0.15, -0.1) is 5.10 Å². The van der Waals surface area contributed by atoms with Crippen molar-refractivity contribution in [2.45, 2.75) is 45.6 Å². The minimum absolute atomic E-state index is 0.0333. The smallest absolute Gasteiger partial charge is 0.276 e. The number of carbonyl (C=O) groups is 1. The zero-order valence-electron chi connectivity index (χ0n) is 14.2. The summed E-state index contributed by atoms with van der Waals surface area (Å²) in [6.45, 7) is 9.08. The third-order valence-electron chi connectivity index (χ3n) is 4.74. The van der Waals surface area contributed by atoms with E-state index >= 15 is 0 Å². The van der Waals surface area contributed by atoms with Crippen LogP contribution in [-0.4, -0.2) is 63.4 Å². The van der Waals surface area contributed by atoms with Crippen LogP contribution in [-0.2, 0) is 0 Å². The lowest BCUT2D eigenvalue weighted by atomic mass is 10.1. The molecule has 1 aromatic rings. The number of hydrogen-bond acceptors (Lipinski definition) is 4.